The highest BCUT2D eigenvalue weighted by atomic mass is 32.2. The van der Waals surface area contributed by atoms with E-state index >= 15 is 0 Å². The van der Waals surface area contributed by atoms with Gasteiger partial charge in [-0.25, -0.2) is 0 Å². The number of carbonyl (C=O) groups is 1. The molecule has 0 unspecified atom stereocenters. The Morgan fingerprint density at radius 1 is 1.06 bits per heavy atom. The second-order valence-electron chi connectivity index (χ2n) is 10.2. The summed E-state index contributed by atoms with van der Waals surface area (Å²) in [4.78, 5) is 13.5. The predicted molar refractivity (Wildman–Crippen MR) is 124 cm³/mol. The van der Waals surface area contributed by atoms with Crippen LogP contribution in [-0.4, -0.2) is 26.3 Å². The van der Waals surface area contributed by atoms with Crippen molar-refractivity contribution in [2.24, 2.45) is 23.2 Å². The van der Waals surface area contributed by atoms with E-state index in [1.54, 1.807) is 18.0 Å². The van der Waals surface area contributed by atoms with Crippen molar-refractivity contribution < 1.29 is 9.21 Å². The molecule has 166 valence electrons. The molecule has 1 aromatic carbocycles. The first kappa shape index (κ1) is 20.3. The largest absolute Gasteiger partial charge is 0.469 e. The first-order valence-electron chi connectivity index (χ1n) is 11.8. The van der Waals surface area contributed by atoms with Crippen LogP contribution in [0.5, 0.6) is 0 Å². The number of furan rings is 1. The van der Waals surface area contributed by atoms with Gasteiger partial charge >= 0.3 is 0 Å². The van der Waals surface area contributed by atoms with Gasteiger partial charge in [-0.2, -0.15) is 0 Å². The van der Waals surface area contributed by atoms with Crippen LogP contribution in [-0.2, 0) is 11.3 Å². The minimum absolute atomic E-state index is 0.0595. The number of aryl methyl sites for hydroxylation is 1. The Morgan fingerprint density at radius 2 is 1.75 bits per heavy atom. The monoisotopic (exact) mass is 447 g/mol. The lowest BCUT2D eigenvalue weighted by Crippen LogP contribution is -2.50. The minimum Gasteiger partial charge on any atom is -0.469 e. The molecule has 0 spiro atoms. The Hall–Kier alpha value is -2.34. The number of nitrogens with zero attached hydrogens (tertiary/aromatic N) is 3. The Balaban J connectivity index is 1.25. The van der Waals surface area contributed by atoms with E-state index in [-0.39, 0.29) is 5.41 Å². The molecule has 2 aromatic heterocycles. The van der Waals surface area contributed by atoms with Crippen LogP contribution in [0.1, 0.15) is 49.8 Å². The van der Waals surface area contributed by atoms with Gasteiger partial charge in [-0.15, -0.1) is 10.2 Å². The smallest absolute Gasteiger partial charge is 0.192 e. The summed E-state index contributed by atoms with van der Waals surface area (Å²) < 4.78 is 7.66. The molecular formula is C26H29N3O2S. The van der Waals surface area contributed by atoms with Crippen molar-refractivity contribution in [1.29, 1.82) is 0 Å². The molecule has 6 heteroatoms. The highest BCUT2D eigenvalue weighted by Crippen LogP contribution is 2.60. The number of hydrogen-bond donors (Lipinski definition) is 0. The lowest BCUT2D eigenvalue weighted by Gasteiger charge is -2.56. The van der Waals surface area contributed by atoms with E-state index < -0.39 is 0 Å². The fraction of sp³-hybridized carbons (Fsp3) is 0.500. The lowest BCUT2D eigenvalue weighted by molar-refractivity contribution is -0.141. The maximum atomic E-state index is 13.5. The fourth-order valence-corrected chi connectivity index (χ4v) is 7.83. The van der Waals surface area contributed by atoms with Crippen molar-refractivity contribution in [3.05, 3.63) is 54.0 Å². The molecule has 0 amide bonds. The van der Waals surface area contributed by atoms with Crippen LogP contribution in [0.4, 0.5) is 0 Å². The number of thioether (sulfide) groups is 1. The molecule has 4 bridgehead atoms. The van der Waals surface area contributed by atoms with Crippen LogP contribution in [0.2, 0.25) is 0 Å². The first-order chi connectivity index (χ1) is 15.6. The summed E-state index contributed by atoms with van der Waals surface area (Å²) in [7, 11) is 0. The van der Waals surface area contributed by atoms with Crippen molar-refractivity contribution in [2.75, 3.05) is 5.75 Å². The summed E-state index contributed by atoms with van der Waals surface area (Å²) in [6.45, 7) is 2.61. The SMILES string of the molecule is Cc1occc1-c1nnc(SCC(=O)C23CC4CC(CC(C4)C2)C3)n1Cc1ccccc1. The van der Waals surface area contributed by atoms with Gasteiger partial charge in [0.15, 0.2) is 11.0 Å². The van der Waals surface area contributed by atoms with Crippen molar-refractivity contribution >= 4 is 17.5 Å². The first-order valence-corrected chi connectivity index (χ1v) is 12.8. The summed E-state index contributed by atoms with van der Waals surface area (Å²) in [6.07, 6.45) is 9.13. The molecule has 0 radical (unpaired) electrons. The fourth-order valence-electron chi connectivity index (χ4n) is 6.86. The highest BCUT2D eigenvalue weighted by molar-refractivity contribution is 7.99. The average Bonchev–Trinajstić information content (AvgIpc) is 3.37. The van der Waals surface area contributed by atoms with E-state index in [1.807, 2.05) is 31.2 Å². The number of carbonyl (C=O) groups excluding carboxylic acids is 1. The number of Topliss-reactive ketones (excluding diaryl/α,β-unsaturated/α-hetero) is 1. The van der Waals surface area contributed by atoms with Gasteiger partial charge in [0.25, 0.3) is 0 Å². The normalized spacial score (nSPS) is 28.3. The number of hydrogen-bond acceptors (Lipinski definition) is 5. The summed E-state index contributed by atoms with van der Waals surface area (Å²) in [6, 6.07) is 12.3. The molecule has 0 atom stereocenters. The number of ketones is 1. The molecular weight excluding hydrogens is 418 g/mol. The lowest BCUT2D eigenvalue weighted by atomic mass is 9.48. The van der Waals surface area contributed by atoms with E-state index in [2.05, 4.69) is 26.9 Å². The van der Waals surface area contributed by atoms with Crippen molar-refractivity contribution in [3.63, 3.8) is 0 Å². The second-order valence-corrected chi connectivity index (χ2v) is 11.1. The van der Waals surface area contributed by atoms with Crippen LogP contribution in [0.3, 0.4) is 0 Å². The summed E-state index contributed by atoms with van der Waals surface area (Å²) in [5.41, 5.74) is 2.08. The zero-order valence-electron chi connectivity index (χ0n) is 18.5. The molecule has 4 fully saturated rings. The molecule has 5 nitrogen and oxygen atoms in total. The third kappa shape index (κ3) is 3.53. The van der Waals surface area contributed by atoms with Gasteiger partial charge in [0, 0.05) is 5.41 Å². The van der Waals surface area contributed by atoms with E-state index in [0.29, 0.717) is 18.1 Å². The zero-order chi connectivity index (χ0) is 21.7. The summed E-state index contributed by atoms with van der Waals surface area (Å²) in [5.74, 6) is 4.91. The molecule has 2 heterocycles. The van der Waals surface area contributed by atoms with Crippen LogP contribution in [0.25, 0.3) is 11.4 Å². The van der Waals surface area contributed by atoms with E-state index in [9.17, 15) is 4.79 Å². The third-order valence-corrected chi connectivity index (χ3v) is 8.93. The molecule has 0 saturated heterocycles. The van der Waals surface area contributed by atoms with E-state index in [0.717, 1.165) is 59.3 Å². The number of rotatable bonds is 7. The Labute approximate surface area is 193 Å². The minimum atomic E-state index is -0.0595. The van der Waals surface area contributed by atoms with Crippen LogP contribution >= 0.6 is 11.8 Å². The van der Waals surface area contributed by atoms with Crippen molar-refractivity contribution in [1.82, 2.24) is 14.8 Å². The van der Waals surface area contributed by atoms with Crippen molar-refractivity contribution in [2.45, 2.75) is 57.1 Å². The van der Waals surface area contributed by atoms with Crippen LogP contribution in [0, 0.1) is 30.1 Å². The molecule has 7 rings (SSSR count). The molecule has 4 aliphatic rings. The zero-order valence-corrected chi connectivity index (χ0v) is 19.3. The van der Waals surface area contributed by atoms with Gasteiger partial charge in [0.05, 0.1) is 24.1 Å². The Kier molecular flexibility index (Phi) is 5.01. The van der Waals surface area contributed by atoms with Gasteiger partial charge in [-0.05, 0) is 74.8 Å². The van der Waals surface area contributed by atoms with Gasteiger partial charge in [-0.1, -0.05) is 42.1 Å². The van der Waals surface area contributed by atoms with Crippen LogP contribution in [0.15, 0.2) is 52.2 Å². The topological polar surface area (TPSA) is 60.9 Å². The van der Waals surface area contributed by atoms with Gasteiger partial charge in [-0.3, -0.25) is 9.36 Å². The molecule has 0 N–H and O–H groups in total. The Bertz CT molecular complexity index is 1100. The van der Waals surface area contributed by atoms with Crippen LogP contribution < -0.4 is 0 Å². The summed E-state index contributed by atoms with van der Waals surface area (Å²) in [5, 5.41) is 9.82. The van der Waals surface area contributed by atoms with E-state index in [4.69, 9.17) is 4.42 Å². The average molecular weight is 448 g/mol. The molecule has 32 heavy (non-hydrogen) atoms. The maximum absolute atomic E-state index is 13.5. The second kappa shape index (κ2) is 7.91. The van der Waals surface area contributed by atoms with Gasteiger partial charge < -0.3 is 4.42 Å². The highest BCUT2D eigenvalue weighted by Gasteiger charge is 2.54. The van der Waals surface area contributed by atoms with Gasteiger partial charge in [0.2, 0.25) is 0 Å². The maximum Gasteiger partial charge on any atom is 0.192 e. The Morgan fingerprint density at radius 3 is 2.38 bits per heavy atom. The predicted octanol–water partition coefficient (Wildman–Crippen LogP) is 5.77. The molecule has 3 aromatic rings. The van der Waals surface area contributed by atoms with Crippen molar-refractivity contribution in [3.8, 4) is 11.4 Å². The van der Waals surface area contributed by atoms with E-state index in [1.165, 1.54) is 24.8 Å². The standard InChI is InChI=1S/C26H29N3O2S/c1-17-22(7-8-31-17)24-27-28-25(29(24)15-18-5-3-2-4-6-18)32-16-23(30)26-12-19-9-20(13-26)11-21(10-19)14-26/h2-8,19-21H,9-16H2,1H3. The number of aromatic nitrogens is 3. The van der Waals surface area contributed by atoms with Gasteiger partial charge in [0.1, 0.15) is 11.5 Å². The summed E-state index contributed by atoms with van der Waals surface area (Å²) >= 11 is 1.56. The molecule has 4 aliphatic carbocycles. The molecule has 4 saturated carbocycles. The number of benzene rings is 1. The third-order valence-electron chi connectivity index (χ3n) is 7.96. The quantitative estimate of drug-likeness (QED) is 0.430. The molecule has 0 aliphatic heterocycles.